The maximum absolute atomic E-state index is 12.6. The quantitative estimate of drug-likeness (QED) is 0.241. The topological polar surface area (TPSA) is 43.1 Å². The molecule has 0 aliphatic heterocycles. The predicted molar refractivity (Wildman–Crippen MR) is 119 cm³/mol. The van der Waals surface area contributed by atoms with Crippen molar-refractivity contribution in [3.05, 3.63) is 92.4 Å². The van der Waals surface area contributed by atoms with Gasteiger partial charge in [-0.3, -0.25) is 4.79 Å². The first-order valence-corrected chi connectivity index (χ1v) is 9.89. The molecule has 29 heavy (non-hydrogen) atoms. The van der Waals surface area contributed by atoms with Gasteiger partial charge in [0.05, 0.1) is 15.6 Å². The van der Waals surface area contributed by atoms with E-state index in [1.54, 1.807) is 42.5 Å². The van der Waals surface area contributed by atoms with Crippen molar-refractivity contribution in [3.63, 3.8) is 0 Å². The third-order valence-corrected chi connectivity index (χ3v) is 5.51. The van der Waals surface area contributed by atoms with Crippen LogP contribution in [0.3, 0.4) is 0 Å². The molecule has 3 aromatic carbocycles. The highest BCUT2D eigenvalue weighted by molar-refractivity contribution is 6.39. The molecule has 144 valence electrons. The molecule has 0 atom stereocenters. The van der Waals surface area contributed by atoms with Gasteiger partial charge in [-0.05, 0) is 60.5 Å². The molecule has 4 aromatic rings. The number of oxazole rings is 1. The molecule has 0 unspecified atom stereocenters. The van der Waals surface area contributed by atoms with E-state index in [0.29, 0.717) is 43.2 Å². The van der Waals surface area contributed by atoms with Gasteiger partial charge in [0.1, 0.15) is 5.52 Å². The average molecular weight is 443 g/mol. The summed E-state index contributed by atoms with van der Waals surface area (Å²) in [6.45, 7) is 1.93. The van der Waals surface area contributed by atoms with E-state index >= 15 is 0 Å². The number of carbonyl (C=O) groups excluding carboxylic acids is 1. The van der Waals surface area contributed by atoms with Gasteiger partial charge in [0, 0.05) is 10.6 Å². The van der Waals surface area contributed by atoms with Gasteiger partial charge in [0.25, 0.3) is 0 Å². The van der Waals surface area contributed by atoms with Gasteiger partial charge < -0.3 is 4.42 Å². The van der Waals surface area contributed by atoms with E-state index in [1.165, 1.54) is 6.08 Å². The van der Waals surface area contributed by atoms with E-state index in [2.05, 4.69) is 4.98 Å². The summed E-state index contributed by atoms with van der Waals surface area (Å²) in [5, 5.41) is 1.55. The van der Waals surface area contributed by atoms with E-state index < -0.39 is 0 Å². The van der Waals surface area contributed by atoms with Gasteiger partial charge in [-0.2, -0.15) is 0 Å². The van der Waals surface area contributed by atoms with Crippen molar-refractivity contribution in [2.45, 2.75) is 6.92 Å². The molecule has 1 heterocycles. The van der Waals surface area contributed by atoms with E-state index in [4.69, 9.17) is 39.2 Å². The molecular formula is C23H14Cl3NO2. The number of hydrogen-bond donors (Lipinski definition) is 0. The summed E-state index contributed by atoms with van der Waals surface area (Å²) < 4.78 is 5.82. The summed E-state index contributed by atoms with van der Waals surface area (Å²) in [6, 6.07) is 15.9. The maximum atomic E-state index is 12.6. The fourth-order valence-electron chi connectivity index (χ4n) is 2.87. The maximum Gasteiger partial charge on any atom is 0.230 e. The first kappa shape index (κ1) is 19.7. The number of aryl methyl sites for hydroxylation is 1. The van der Waals surface area contributed by atoms with Gasteiger partial charge in [-0.25, -0.2) is 4.98 Å². The number of benzene rings is 3. The third kappa shape index (κ3) is 4.08. The van der Waals surface area contributed by atoms with Crippen molar-refractivity contribution in [1.29, 1.82) is 0 Å². The van der Waals surface area contributed by atoms with Gasteiger partial charge in [0.15, 0.2) is 11.4 Å². The molecule has 0 aliphatic carbocycles. The summed E-state index contributed by atoms with van der Waals surface area (Å²) in [7, 11) is 0. The van der Waals surface area contributed by atoms with Crippen LogP contribution in [0.1, 0.15) is 21.5 Å². The number of halogens is 3. The van der Waals surface area contributed by atoms with Crippen molar-refractivity contribution < 1.29 is 9.21 Å². The van der Waals surface area contributed by atoms with Crippen LogP contribution >= 0.6 is 34.8 Å². The number of aromatic nitrogens is 1. The highest BCUT2D eigenvalue weighted by atomic mass is 35.5. The summed E-state index contributed by atoms with van der Waals surface area (Å²) in [6.07, 6.45) is 3.23. The molecule has 0 N–H and O–H groups in total. The highest BCUT2D eigenvalue weighted by Gasteiger charge is 2.16. The van der Waals surface area contributed by atoms with Crippen molar-refractivity contribution >= 4 is 57.8 Å². The predicted octanol–water partition coefficient (Wildman–Crippen LogP) is 7.66. The lowest BCUT2D eigenvalue weighted by Gasteiger charge is -2.01. The molecular weight excluding hydrogens is 429 g/mol. The normalized spacial score (nSPS) is 11.4. The lowest BCUT2D eigenvalue weighted by atomic mass is 10.1. The molecule has 0 spiro atoms. The standard InChI is InChI=1S/C23H14Cl3NO2/c1-13-5-6-14(11-18(13)26)7-10-20(28)15-8-9-19-21(12-15)29-23(27-19)22-16(24)3-2-4-17(22)25/h2-12H,1H3/b10-7+. The Kier molecular flexibility index (Phi) is 5.46. The van der Waals surface area contributed by atoms with Crippen LogP contribution in [0.2, 0.25) is 15.1 Å². The Morgan fingerprint density at radius 1 is 0.966 bits per heavy atom. The number of nitrogens with zero attached hydrogens (tertiary/aromatic N) is 1. The molecule has 0 saturated heterocycles. The zero-order valence-corrected chi connectivity index (χ0v) is 17.5. The largest absolute Gasteiger partial charge is 0.436 e. The van der Waals surface area contributed by atoms with Gasteiger partial charge in [-0.15, -0.1) is 0 Å². The summed E-state index contributed by atoms with van der Waals surface area (Å²) in [4.78, 5) is 17.0. The summed E-state index contributed by atoms with van der Waals surface area (Å²) >= 11 is 18.6. The van der Waals surface area contributed by atoms with Gasteiger partial charge >= 0.3 is 0 Å². The van der Waals surface area contributed by atoms with Crippen LogP contribution in [0.4, 0.5) is 0 Å². The monoisotopic (exact) mass is 441 g/mol. The van der Waals surface area contributed by atoms with E-state index in [9.17, 15) is 4.79 Å². The van der Waals surface area contributed by atoms with Crippen LogP contribution in [0.5, 0.6) is 0 Å². The molecule has 3 nitrogen and oxygen atoms in total. The van der Waals surface area contributed by atoms with Crippen LogP contribution in [0.15, 0.2) is 65.1 Å². The Bertz CT molecular complexity index is 1250. The highest BCUT2D eigenvalue weighted by Crippen LogP contribution is 2.35. The van der Waals surface area contributed by atoms with Crippen LogP contribution in [0, 0.1) is 6.92 Å². The van der Waals surface area contributed by atoms with Gasteiger partial charge in [-0.1, -0.05) is 59.1 Å². The third-order valence-electron chi connectivity index (χ3n) is 4.47. The van der Waals surface area contributed by atoms with E-state index in [1.807, 2.05) is 25.1 Å². The first-order valence-electron chi connectivity index (χ1n) is 8.76. The Hall–Kier alpha value is -2.59. The second-order valence-corrected chi connectivity index (χ2v) is 7.73. The second-order valence-electron chi connectivity index (χ2n) is 6.50. The summed E-state index contributed by atoms with van der Waals surface area (Å²) in [5.41, 5.74) is 3.94. The minimum absolute atomic E-state index is 0.155. The number of rotatable bonds is 4. The van der Waals surface area contributed by atoms with E-state index in [0.717, 1.165) is 11.1 Å². The number of carbonyl (C=O) groups is 1. The van der Waals surface area contributed by atoms with Crippen molar-refractivity contribution in [3.8, 4) is 11.5 Å². The SMILES string of the molecule is Cc1ccc(/C=C/C(=O)c2ccc3nc(-c4c(Cl)cccc4Cl)oc3c2)cc1Cl. The smallest absolute Gasteiger partial charge is 0.230 e. The molecule has 0 amide bonds. The van der Waals surface area contributed by atoms with E-state index in [-0.39, 0.29) is 5.78 Å². The minimum Gasteiger partial charge on any atom is -0.436 e. The molecule has 0 fully saturated rings. The number of allylic oxidation sites excluding steroid dienone is 1. The fourth-order valence-corrected chi connectivity index (χ4v) is 3.62. The van der Waals surface area contributed by atoms with Crippen molar-refractivity contribution in [2.75, 3.05) is 0 Å². The molecule has 0 bridgehead atoms. The van der Waals surface area contributed by atoms with Gasteiger partial charge in [0.2, 0.25) is 5.89 Å². The first-order chi connectivity index (χ1) is 13.9. The Morgan fingerprint density at radius 3 is 2.45 bits per heavy atom. The van der Waals surface area contributed by atoms with Crippen LogP contribution in [-0.2, 0) is 0 Å². The average Bonchev–Trinajstić information content (AvgIpc) is 3.11. The Morgan fingerprint density at radius 2 is 1.72 bits per heavy atom. The number of fused-ring (bicyclic) bond motifs is 1. The van der Waals surface area contributed by atoms with Crippen molar-refractivity contribution in [2.24, 2.45) is 0 Å². The second kappa shape index (κ2) is 8.03. The zero-order valence-electron chi connectivity index (χ0n) is 15.2. The lowest BCUT2D eigenvalue weighted by Crippen LogP contribution is -1.93. The number of hydrogen-bond acceptors (Lipinski definition) is 3. The summed E-state index contributed by atoms with van der Waals surface area (Å²) in [5.74, 6) is 0.155. The molecule has 1 aromatic heterocycles. The minimum atomic E-state index is -0.155. The fraction of sp³-hybridized carbons (Fsp3) is 0.0435. The lowest BCUT2D eigenvalue weighted by molar-refractivity contribution is 0.104. The molecule has 0 radical (unpaired) electrons. The van der Waals surface area contributed by atoms with Crippen molar-refractivity contribution in [1.82, 2.24) is 4.98 Å². The zero-order chi connectivity index (χ0) is 20.5. The van der Waals surface area contributed by atoms with Crippen LogP contribution < -0.4 is 0 Å². The Labute approximate surface area is 182 Å². The molecule has 4 rings (SSSR count). The molecule has 0 aliphatic rings. The van der Waals surface area contributed by atoms with Crippen LogP contribution in [-0.4, -0.2) is 10.8 Å². The van der Waals surface area contributed by atoms with Crippen LogP contribution in [0.25, 0.3) is 28.6 Å². The number of ketones is 1. The molecule has 0 saturated carbocycles. The molecule has 6 heteroatoms. The Balaban J connectivity index is 1.64.